The van der Waals surface area contributed by atoms with Crippen molar-refractivity contribution < 1.29 is 9.90 Å². The number of rotatable bonds is 4. The molecule has 6 nitrogen and oxygen atoms in total. The van der Waals surface area contributed by atoms with Gasteiger partial charge in [-0.25, -0.2) is 4.79 Å². The third-order valence-corrected chi connectivity index (χ3v) is 5.65. The van der Waals surface area contributed by atoms with Crippen molar-refractivity contribution in [1.82, 2.24) is 14.8 Å². The van der Waals surface area contributed by atoms with Crippen molar-refractivity contribution in [2.45, 2.75) is 6.42 Å². The van der Waals surface area contributed by atoms with E-state index in [1.54, 1.807) is 12.3 Å². The summed E-state index contributed by atoms with van der Waals surface area (Å²) in [5.41, 5.74) is 6.80. The van der Waals surface area contributed by atoms with Gasteiger partial charge in [-0.15, -0.1) is 0 Å². The number of pyridine rings is 1. The maximum Gasteiger partial charge on any atom is 0.336 e. The highest BCUT2D eigenvalue weighted by Gasteiger charge is 2.25. The Labute approximate surface area is 173 Å². The van der Waals surface area contributed by atoms with Crippen LogP contribution in [-0.2, 0) is 13.5 Å². The molecule has 1 N–H and O–H groups in total. The topological polar surface area (TPSA) is 71.2 Å². The van der Waals surface area contributed by atoms with Crippen LogP contribution in [0.1, 0.15) is 27.3 Å². The van der Waals surface area contributed by atoms with E-state index < -0.39 is 5.97 Å². The Balaban J connectivity index is 1.62. The number of aromatic nitrogens is 3. The highest BCUT2D eigenvalue weighted by molar-refractivity contribution is 6.04. The minimum Gasteiger partial charge on any atom is -0.478 e. The van der Waals surface area contributed by atoms with Crippen LogP contribution >= 0.6 is 0 Å². The molecule has 0 radical (unpaired) electrons. The number of nitrogens with zero attached hydrogens (tertiary/aromatic N) is 4. The van der Waals surface area contributed by atoms with Crippen LogP contribution < -0.4 is 4.90 Å². The molecule has 6 heteroatoms. The summed E-state index contributed by atoms with van der Waals surface area (Å²) in [6, 6.07) is 17.9. The average Bonchev–Trinajstić information content (AvgIpc) is 3.32. The number of carbonyl (C=O) groups is 1. The molecule has 0 spiro atoms. The first-order chi connectivity index (χ1) is 14.5. The summed E-state index contributed by atoms with van der Waals surface area (Å²) in [6.45, 7) is 0. The highest BCUT2D eigenvalue weighted by Crippen LogP contribution is 2.38. The van der Waals surface area contributed by atoms with Gasteiger partial charge in [0.15, 0.2) is 0 Å². The Bertz CT molecular complexity index is 1320. The molecule has 1 aliphatic carbocycles. The van der Waals surface area contributed by atoms with E-state index >= 15 is 0 Å². The third kappa shape index (κ3) is 2.76. The predicted octanol–water partition coefficient (Wildman–Crippen LogP) is 4.53. The van der Waals surface area contributed by atoms with Crippen molar-refractivity contribution in [1.29, 1.82) is 0 Å². The molecule has 4 aromatic rings. The minimum atomic E-state index is -0.926. The Morgan fingerprint density at radius 3 is 2.67 bits per heavy atom. The molecule has 2 heterocycles. The maximum absolute atomic E-state index is 11.6. The van der Waals surface area contributed by atoms with Gasteiger partial charge in [-0.3, -0.25) is 9.67 Å². The number of carboxylic acids is 1. The monoisotopic (exact) mass is 396 g/mol. The number of anilines is 2. The summed E-state index contributed by atoms with van der Waals surface area (Å²) in [5, 5.41) is 15.4. The van der Waals surface area contributed by atoms with Gasteiger partial charge in [0, 0.05) is 37.8 Å². The fraction of sp³-hybridized carbons (Fsp3) is 0.125. The molecular formula is C24H20N4O2. The fourth-order valence-electron chi connectivity index (χ4n) is 4.22. The average molecular weight is 396 g/mol. The van der Waals surface area contributed by atoms with E-state index in [1.807, 2.05) is 49.1 Å². The number of aryl methyl sites for hydroxylation is 1. The number of hydrogen-bond acceptors (Lipinski definition) is 4. The van der Waals surface area contributed by atoms with Crippen LogP contribution in [-0.4, -0.2) is 32.9 Å². The highest BCUT2D eigenvalue weighted by atomic mass is 16.4. The van der Waals surface area contributed by atoms with Gasteiger partial charge in [-0.1, -0.05) is 30.3 Å². The normalized spacial score (nSPS) is 12.7. The second-order valence-electron chi connectivity index (χ2n) is 7.41. The first kappa shape index (κ1) is 18.1. The zero-order valence-electron chi connectivity index (χ0n) is 16.7. The van der Waals surface area contributed by atoms with E-state index in [0.29, 0.717) is 12.0 Å². The van der Waals surface area contributed by atoms with Crippen LogP contribution in [0.2, 0.25) is 0 Å². The summed E-state index contributed by atoms with van der Waals surface area (Å²) in [4.78, 5) is 18.1. The van der Waals surface area contributed by atoms with E-state index in [4.69, 9.17) is 5.10 Å². The molecule has 2 aromatic heterocycles. The number of carboxylic acid groups (broad SMARTS) is 1. The zero-order chi connectivity index (χ0) is 20.8. The quantitative estimate of drug-likeness (QED) is 0.549. The summed E-state index contributed by atoms with van der Waals surface area (Å²) in [7, 11) is 3.96. The molecule has 0 atom stereocenters. The zero-order valence-corrected chi connectivity index (χ0v) is 16.7. The molecule has 0 amide bonds. The lowest BCUT2D eigenvalue weighted by Gasteiger charge is -2.19. The van der Waals surface area contributed by atoms with E-state index in [9.17, 15) is 9.90 Å². The van der Waals surface area contributed by atoms with E-state index in [2.05, 4.69) is 34.1 Å². The molecule has 1 aliphatic rings. The second-order valence-corrected chi connectivity index (χ2v) is 7.41. The van der Waals surface area contributed by atoms with E-state index in [0.717, 1.165) is 44.8 Å². The van der Waals surface area contributed by atoms with Gasteiger partial charge in [-0.05, 0) is 41.5 Å². The van der Waals surface area contributed by atoms with Crippen molar-refractivity contribution >= 4 is 39.9 Å². The Hall–Kier alpha value is -3.93. The minimum absolute atomic E-state index is 0.308. The SMILES string of the molecule is CN(c1ccccc1)c1cccc2c(C3=Cc4nccc(C(=O)O)c4C3)n(C)nc12. The first-order valence-electron chi connectivity index (χ1n) is 9.71. The first-order valence-corrected chi connectivity index (χ1v) is 9.71. The molecule has 0 saturated carbocycles. The van der Waals surface area contributed by atoms with Gasteiger partial charge < -0.3 is 10.0 Å². The lowest BCUT2D eigenvalue weighted by atomic mass is 10.0. The molecule has 0 aliphatic heterocycles. The van der Waals surface area contributed by atoms with Crippen molar-refractivity contribution in [3.05, 3.63) is 83.3 Å². The molecule has 148 valence electrons. The van der Waals surface area contributed by atoms with Gasteiger partial charge in [0.2, 0.25) is 0 Å². The van der Waals surface area contributed by atoms with Crippen LogP contribution in [0.25, 0.3) is 22.6 Å². The fourth-order valence-corrected chi connectivity index (χ4v) is 4.22. The third-order valence-electron chi connectivity index (χ3n) is 5.65. The van der Waals surface area contributed by atoms with E-state index in [-0.39, 0.29) is 0 Å². The van der Waals surface area contributed by atoms with Gasteiger partial charge in [-0.2, -0.15) is 5.10 Å². The molecule has 2 aromatic carbocycles. The van der Waals surface area contributed by atoms with Crippen LogP contribution in [0.15, 0.2) is 60.8 Å². The number of benzene rings is 2. The Morgan fingerprint density at radius 2 is 1.90 bits per heavy atom. The van der Waals surface area contributed by atoms with E-state index in [1.165, 1.54) is 0 Å². The smallest absolute Gasteiger partial charge is 0.336 e. The predicted molar refractivity (Wildman–Crippen MR) is 118 cm³/mol. The van der Waals surface area contributed by atoms with Crippen molar-refractivity contribution in [3.63, 3.8) is 0 Å². The van der Waals surface area contributed by atoms with Gasteiger partial charge in [0.05, 0.1) is 22.6 Å². The number of hydrogen-bond donors (Lipinski definition) is 1. The van der Waals surface area contributed by atoms with Gasteiger partial charge in [0.1, 0.15) is 5.52 Å². The number of aromatic carboxylic acids is 1. The van der Waals surface area contributed by atoms with Crippen molar-refractivity contribution in [3.8, 4) is 0 Å². The Morgan fingerprint density at radius 1 is 1.10 bits per heavy atom. The molecule has 0 unspecified atom stereocenters. The molecule has 0 saturated heterocycles. The van der Waals surface area contributed by atoms with Crippen LogP contribution in [0.3, 0.4) is 0 Å². The van der Waals surface area contributed by atoms with Gasteiger partial charge in [0.25, 0.3) is 0 Å². The molecule has 30 heavy (non-hydrogen) atoms. The maximum atomic E-state index is 11.6. The molecule has 5 rings (SSSR count). The van der Waals surface area contributed by atoms with Crippen molar-refractivity contribution in [2.75, 3.05) is 11.9 Å². The summed E-state index contributed by atoms with van der Waals surface area (Å²) >= 11 is 0. The number of allylic oxidation sites excluding steroid dienone is 1. The standard InChI is InChI=1S/C24H20N4O2/c1-27(16-7-4-3-5-8-16)21-10-6-9-18-22(21)26-28(2)23(18)15-13-19-17(24(29)30)11-12-25-20(19)14-15/h3-12,14H,13H2,1-2H3,(H,29,30). The summed E-state index contributed by atoms with van der Waals surface area (Å²) < 4.78 is 1.88. The summed E-state index contributed by atoms with van der Waals surface area (Å²) in [6.07, 6.45) is 4.06. The van der Waals surface area contributed by atoms with Crippen molar-refractivity contribution in [2.24, 2.45) is 7.05 Å². The number of para-hydroxylation sites is 1. The Kier molecular flexibility index (Phi) is 4.13. The van der Waals surface area contributed by atoms with Gasteiger partial charge >= 0.3 is 5.97 Å². The second kappa shape index (κ2) is 6.84. The van der Waals surface area contributed by atoms with Crippen LogP contribution in [0.4, 0.5) is 11.4 Å². The molecule has 0 bridgehead atoms. The van der Waals surface area contributed by atoms with Crippen LogP contribution in [0.5, 0.6) is 0 Å². The summed E-state index contributed by atoms with van der Waals surface area (Å²) in [5.74, 6) is -0.926. The molecule has 0 fully saturated rings. The lowest BCUT2D eigenvalue weighted by molar-refractivity contribution is 0.0695. The van der Waals surface area contributed by atoms with Crippen LogP contribution in [0, 0.1) is 0 Å². The largest absolute Gasteiger partial charge is 0.478 e. The molecular weight excluding hydrogens is 376 g/mol. The lowest BCUT2D eigenvalue weighted by Crippen LogP contribution is -2.09. The number of fused-ring (bicyclic) bond motifs is 2.